The smallest absolute Gasteiger partial charge is 0.253 e. The lowest BCUT2D eigenvalue weighted by atomic mass is 10.1. The molecular formula is C15H20BrNO2. The van der Waals surface area contributed by atoms with Crippen molar-refractivity contribution < 1.29 is 9.53 Å². The predicted molar refractivity (Wildman–Crippen MR) is 79.4 cm³/mol. The highest BCUT2D eigenvalue weighted by Gasteiger charge is 2.22. The number of halogens is 1. The fraction of sp³-hybridized carbons (Fsp3) is 0.533. The van der Waals surface area contributed by atoms with Crippen molar-refractivity contribution in [3.8, 4) is 0 Å². The molecule has 0 saturated carbocycles. The number of carbonyl (C=O) groups is 1. The van der Waals surface area contributed by atoms with E-state index < -0.39 is 0 Å². The number of rotatable bonds is 4. The first kappa shape index (κ1) is 14.5. The Morgan fingerprint density at radius 3 is 2.89 bits per heavy atom. The number of hydrogen-bond acceptors (Lipinski definition) is 2. The molecule has 0 radical (unpaired) electrons. The number of ether oxygens (including phenoxy) is 1. The second-order valence-corrected chi connectivity index (χ2v) is 5.80. The summed E-state index contributed by atoms with van der Waals surface area (Å²) in [5.74, 6) is 0.0913. The molecule has 1 saturated heterocycles. The highest BCUT2D eigenvalue weighted by atomic mass is 79.9. The Morgan fingerprint density at radius 1 is 1.53 bits per heavy atom. The number of hydrogen-bond donors (Lipinski definition) is 0. The van der Waals surface area contributed by atoms with Crippen molar-refractivity contribution in [2.75, 3.05) is 19.7 Å². The Bertz CT molecular complexity index is 455. The van der Waals surface area contributed by atoms with Crippen LogP contribution in [-0.2, 0) is 4.74 Å². The van der Waals surface area contributed by atoms with Gasteiger partial charge in [0.25, 0.3) is 5.91 Å². The summed E-state index contributed by atoms with van der Waals surface area (Å²) in [6, 6.07) is 5.74. The van der Waals surface area contributed by atoms with E-state index in [-0.39, 0.29) is 12.0 Å². The summed E-state index contributed by atoms with van der Waals surface area (Å²) >= 11 is 3.46. The lowest BCUT2D eigenvalue weighted by Gasteiger charge is -2.24. The minimum Gasteiger partial charge on any atom is -0.376 e. The van der Waals surface area contributed by atoms with Crippen LogP contribution in [0.5, 0.6) is 0 Å². The third-order valence-electron chi connectivity index (χ3n) is 3.52. The van der Waals surface area contributed by atoms with E-state index in [9.17, 15) is 4.79 Å². The highest BCUT2D eigenvalue weighted by molar-refractivity contribution is 9.10. The van der Waals surface area contributed by atoms with Gasteiger partial charge in [-0.3, -0.25) is 4.79 Å². The fourth-order valence-corrected chi connectivity index (χ4v) is 2.60. The number of aryl methyl sites for hydroxylation is 1. The first-order valence-corrected chi connectivity index (χ1v) is 7.58. The molecule has 1 aromatic carbocycles. The summed E-state index contributed by atoms with van der Waals surface area (Å²) in [7, 11) is 0. The van der Waals surface area contributed by atoms with Crippen molar-refractivity contribution in [3.05, 3.63) is 33.8 Å². The van der Waals surface area contributed by atoms with Crippen LogP contribution in [0.4, 0.5) is 0 Å². The molecule has 0 N–H and O–H groups in total. The molecule has 1 amide bonds. The van der Waals surface area contributed by atoms with Gasteiger partial charge in [0.05, 0.1) is 6.10 Å². The molecule has 0 aromatic heterocycles. The van der Waals surface area contributed by atoms with Crippen LogP contribution >= 0.6 is 15.9 Å². The first-order valence-electron chi connectivity index (χ1n) is 6.79. The first-order chi connectivity index (χ1) is 9.11. The van der Waals surface area contributed by atoms with Crippen molar-refractivity contribution in [3.63, 3.8) is 0 Å². The van der Waals surface area contributed by atoms with Crippen molar-refractivity contribution >= 4 is 21.8 Å². The second-order valence-electron chi connectivity index (χ2n) is 4.94. The van der Waals surface area contributed by atoms with Crippen molar-refractivity contribution in [2.24, 2.45) is 0 Å². The standard InChI is InChI=1S/C15H20BrNO2/c1-3-17(10-13-5-4-8-19-13)15(18)12-6-7-14(16)11(2)9-12/h6-7,9,13H,3-5,8,10H2,1-2H3. The quantitative estimate of drug-likeness (QED) is 0.849. The Kier molecular flexibility index (Phi) is 4.99. The van der Waals surface area contributed by atoms with E-state index in [0.29, 0.717) is 13.1 Å². The summed E-state index contributed by atoms with van der Waals surface area (Å²) in [6.07, 6.45) is 2.37. The Morgan fingerprint density at radius 2 is 2.32 bits per heavy atom. The lowest BCUT2D eigenvalue weighted by Crippen LogP contribution is -2.37. The molecular weight excluding hydrogens is 306 g/mol. The predicted octanol–water partition coefficient (Wildman–Crippen LogP) is 3.40. The van der Waals surface area contributed by atoms with Gasteiger partial charge in [0.2, 0.25) is 0 Å². The van der Waals surface area contributed by atoms with Crippen LogP contribution in [0, 0.1) is 6.92 Å². The number of likely N-dealkylation sites (N-methyl/N-ethyl adjacent to an activating group) is 1. The molecule has 1 fully saturated rings. The van der Waals surface area contributed by atoms with Gasteiger partial charge in [0.15, 0.2) is 0 Å². The van der Waals surface area contributed by atoms with Gasteiger partial charge < -0.3 is 9.64 Å². The molecule has 0 bridgehead atoms. The zero-order chi connectivity index (χ0) is 13.8. The molecule has 1 aliphatic rings. The van der Waals surface area contributed by atoms with Crippen LogP contribution in [0.3, 0.4) is 0 Å². The van der Waals surface area contributed by atoms with E-state index in [1.165, 1.54) is 0 Å². The lowest BCUT2D eigenvalue weighted by molar-refractivity contribution is 0.0539. The minimum absolute atomic E-state index is 0.0913. The summed E-state index contributed by atoms with van der Waals surface area (Å²) in [6.45, 7) is 6.25. The molecule has 1 unspecified atom stereocenters. The summed E-state index contributed by atoms with van der Waals surface area (Å²) in [5.41, 5.74) is 1.83. The highest BCUT2D eigenvalue weighted by Crippen LogP contribution is 2.19. The zero-order valence-corrected chi connectivity index (χ0v) is 13.1. The Hall–Kier alpha value is -0.870. The summed E-state index contributed by atoms with van der Waals surface area (Å²) in [4.78, 5) is 14.4. The third kappa shape index (κ3) is 3.57. The number of benzene rings is 1. The van der Waals surface area contributed by atoms with Gasteiger partial charge in [-0.05, 0) is 50.5 Å². The number of amides is 1. The molecule has 1 aliphatic heterocycles. The molecule has 3 nitrogen and oxygen atoms in total. The summed E-state index contributed by atoms with van der Waals surface area (Å²) in [5, 5.41) is 0. The SMILES string of the molecule is CCN(CC1CCCO1)C(=O)c1ccc(Br)c(C)c1. The molecule has 2 rings (SSSR count). The van der Waals surface area contributed by atoms with Gasteiger partial charge in [0, 0.05) is 29.7 Å². The Balaban J connectivity index is 2.08. The number of carbonyl (C=O) groups excluding carboxylic acids is 1. The van der Waals surface area contributed by atoms with E-state index in [2.05, 4.69) is 15.9 Å². The average molecular weight is 326 g/mol. The van der Waals surface area contributed by atoms with E-state index in [4.69, 9.17) is 4.74 Å². The normalized spacial score (nSPS) is 18.6. The van der Waals surface area contributed by atoms with E-state index >= 15 is 0 Å². The van der Waals surface area contributed by atoms with Crippen molar-refractivity contribution in [1.82, 2.24) is 4.90 Å². The Labute approximate surface area is 123 Å². The zero-order valence-electron chi connectivity index (χ0n) is 11.5. The third-order valence-corrected chi connectivity index (χ3v) is 4.41. The van der Waals surface area contributed by atoms with Crippen LogP contribution in [0.15, 0.2) is 22.7 Å². The number of nitrogens with zero attached hydrogens (tertiary/aromatic N) is 1. The van der Waals surface area contributed by atoms with Gasteiger partial charge in [-0.2, -0.15) is 0 Å². The second kappa shape index (κ2) is 6.53. The van der Waals surface area contributed by atoms with Gasteiger partial charge in [-0.15, -0.1) is 0 Å². The van der Waals surface area contributed by atoms with Crippen LogP contribution in [-0.4, -0.2) is 36.6 Å². The van der Waals surface area contributed by atoms with Gasteiger partial charge in [-0.1, -0.05) is 15.9 Å². The van der Waals surface area contributed by atoms with Gasteiger partial charge in [0.1, 0.15) is 0 Å². The molecule has 0 aliphatic carbocycles. The van der Waals surface area contributed by atoms with Crippen LogP contribution in [0.2, 0.25) is 0 Å². The maximum absolute atomic E-state index is 12.5. The van der Waals surface area contributed by atoms with Crippen LogP contribution in [0.25, 0.3) is 0 Å². The van der Waals surface area contributed by atoms with Gasteiger partial charge in [-0.25, -0.2) is 0 Å². The van der Waals surface area contributed by atoms with E-state index in [1.807, 2.05) is 36.9 Å². The molecule has 104 valence electrons. The average Bonchev–Trinajstić information content (AvgIpc) is 2.91. The maximum atomic E-state index is 12.5. The summed E-state index contributed by atoms with van der Waals surface area (Å²) < 4.78 is 6.65. The van der Waals surface area contributed by atoms with Crippen molar-refractivity contribution in [1.29, 1.82) is 0 Å². The van der Waals surface area contributed by atoms with Gasteiger partial charge >= 0.3 is 0 Å². The fourth-order valence-electron chi connectivity index (χ4n) is 2.35. The van der Waals surface area contributed by atoms with Crippen molar-refractivity contribution in [2.45, 2.75) is 32.8 Å². The van der Waals surface area contributed by atoms with Crippen LogP contribution < -0.4 is 0 Å². The molecule has 1 heterocycles. The maximum Gasteiger partial charge on any atom is 0.253 e. The molecule has 0 spiro atoms. The molecule has 4 heteroatoms. The molecule has 1 aromatic rings. The van der Waals surface area contributed by atoms with Crippen LogP contribution in [0.1, 0.15) is 35.7 Å². The molecule has 1 atom stereocenters. The largest absolute Gasteiger partial charge is 0.376 e. The monoisotopic (exact) mass is 325 g/mol. The topological polar surface area (TPSA) is 29.5 Å². The molecule has 19 heavy (non-hydrogen) atoms. The minimum atomic E-state index is 0.0913. The van der Waals surface area contributed by atoms with E-state index in [0.717, 1.165) is 35.0 Å². The van der Waals surface area contributed by atoms with E-state index in [1.54, 1.807) is 0 Å².